The molecule has 0 aliphatic carbocycles. The molecule has 3 aromatic carbocycles. The van der Waals surface area contributed by atoms with Crippen molar-refractivity contribution in [3.05, 3.63) is 88.0 Å². The molecule has 3 aromatic rings. The average Bonchev–Trinajstić information content (AvgIpc) is 2.80. The number of alkyl halides is 18. The van der Waals surface area contributed by atoms with Gasteiger partial charge >= 0.3 is 37.1 Å². The molecule has 0 radical (unpaired) electrons. The predicted molar refractivity (Wildman–Crippen MR) is 115 cm³/mol. The molecular formula is C24H9F18P. The quantitative estimate of drug-likeness (QED) is 0.193. The topological polar surface area (TPSA) is 0 Å². The Morgan fingerprint density at radius 3 is 0.674 bits per heavy atom. The standard InChI is InChI=1S/C24H9F18P/c25-19(26,27)10-4-1-7-13(16(10)22(34,35)36)43(14-8-2-5-11(20(28,29)30)17(14)23(37,38)39)15-9-3-6-12(21(31,32)33)18(15)24(40,41)42/h1-9H. The Morgan fingerprint density at radius 2 is 0.512 bits per heavy atom. The normalized spacial score (nSPS) is 14.0. The molecule has 236 valence electrons. The van der Waals surface area contributed by atoms with Crippen molar-refractivity contribution in [2.24, 2.45) is 0 Å². The molecule has 0 saturated heterocycles. The Hall–Kier alpha value is -3.17. The van der Waals surface area contributed by atoms with Crippen LogP contribution < -0.4 is 15.9 Å². The molecule has 0 N–H and O–H groups in total. The van der Waals surface area contributed by atoms with E-state index in [-0.39, 0.29) is 54.6 Å². The predicted octanol–water partition coefficient (Wildman–Crippen LogP) is 9.56. The second-order valence-corrected chi connectivity index (χ2v) is 10.5. The van der Waals surface area contributed by atoms with E-state index in [0.29, 0.717) is 0 Å². The summed E-state index contributed by atoms with van der Waals surface area (Å²) in [5, 5.41) is -6.19. The minimum Gasteiger partial charge on any atom is -0.166 e. The van der Waals surface area contributed by atoms with E-state index in [9.17, 15) is 79.0 Å². The number of rotatable bonds is 3. The highest BCUT2D eigenvalue weighted by molar-refractivity contribution is 7.80. The molecule has 0 atom stereocenters. The zero-order valence-corrected chi connectivity index (χ0v) is 20.8. The van der Waals surface area contributed by atoms with Crippen molar-refractivity contribution < 1.29 is 79.0 Å². The largest absolute Gasteiger partial charge is 0.417 e. The molecule has 0 amide bonds. The SMILES string of the molecule is FC(F)(F)c1cccc(P(c2cccc(C(F)(F)F)c2C(F)(F)F)c2cccc(C(F)(F)F)c2C(F)(F)F)c1C(F)(F)F. The van der Waals surface area contributed by atoms with E-state index in [4.69, 9.17) is 0 Å². The van der Waals surface area contributed by atoms with Crippen LogP contribution in [-0.2, 0) is 37.1 Å². The first-order chi connectivity index (χ1) is 19.2. The minimum atomic E-state index is -6.23. The van der Waals surface area contributed by atoms with E-state index in [1.807, 2.05) is 0 Å². The van der Waals surface area contributed by atoms with Gasteiger partial charge in [0.25, 0.3) is 0 Å². The molecule has 0 fully saturated rings. The maximum absolute atomic E-state index is 14.1. The third kappa shape index (κ3) is 6.99. The molecule has 43 heavy (non-hydrogen) atoms. The fraction of sp³-hybridized carbons (Fsp3) is 0.250. The van der Waals surface area contributed by atoms with Crippen LogP contribution in [0.5, 0.6) is 0 Å². The molecule has 0 heterocycles. The Morgan fingerprint density at radius 1 is 0.302 bits per heavy atom. The molecule has 0 aliphatic rings. The van der Waals surface area contributed by atoms with Crippen LogP contribution in [0, 0.1) is 0 Å². The van der Waals surface area contributed by atoms with Crippen LogP contribution in [-0.4, -0.2) is 0 Å². The lowest BCUT2D eigenvalue weighted by Gasteiger charge is -2.31. The number of benzene rings is 3. The molecule has 0 spiro atoms. The van der Waals surface area contributed by atoms with Crippen molar-refractivity contribution in [2.75, 3.05) is 0 Å². The Kier molecular flexibility index (Phi) is 8.60. The van der Waals surface area contributed by atoms with Gasteiger partial charge in [-0.2, -0.15) is 79.0 Å². The monoisotopic (exact) mass is 670 g/mol. The summed E-state index contributed by atoms with van der Waals surface area (Å²) >= 11 is 0. The van der Waals surface area contributed by atoms with Gasteiger partial charge in [0.15, 0.2) is 0 Å². The van der Waals surface area contributed by atoms with Gasteiger partial charge in [-0.25, -0.2) is 0 Å². The van der Waals surface area contributed by atoms with Gasteiger partial charge in [0.1, 0.15) is 0 Å². The summed E-state index contributed by atoms with van der Waals surface area (Å²) in [7, 11) is -4.55. The first-order valence-electron chi connectivity index (χ1n) is 10.8. The van der Waals surface area contributed by atoms with E-state index in [0.717, 1.165) is 0 Å². The maximum atomic E-state index is 14.1. The first-order valence-corrected chi connectivity index (χ1v) is 12.1. The van der Waals surface area contributed by atoms with Gasteiger partial charge in [-0.15, -0.1) is 0 Å². The number of hydrogen-bond donors (Lipinski definition) is 0. The fourth-order valence-electron chi connectivity index (χ4n) is 4.17. The van der Waals surface area contributed by atoms with Gasteiger partial charge in [0.05, 0.1) is 33.4 Å². The second-order valence-electron chi connectivity index (χ2n) is 8.42. The average molecular weight is 670 g/mol. The summed E-state index contributed by atoms with van der Waals surface area (Å²) in [6.45, 7) is 0. The Balaban J connectivity index is 2.76. The molecule has 0 aliphatic heterocycles. The molecular weight excluding hydrogens is 661 g/mol. The van der Waals surface area contributed by atoms with Gasteiger partial charge in [-0.05, 0) is 42.0 Å². The van der Waals surface area contributed by atoms with Gasteiger partial charge in [-0.1, -0.05) is 36.4 Å². The van der Waals surface area contributed by atoms with Gasteiger partial charge in [-0.3, -0.25) is 0 Å². The van der Waals surface area contributed by atoms with Crippen LogP contribution in [0.2, 0.25) is 0 Å². The second kappa shape index (κ2) is 10.8. The smallest absolute Gasteiger partial charge is 0.166 e. The van der Waals surface area contributed by atoms with E-state index < -0.39 is 94.3 Å². The number of halogens is 18. The van der Waals surface area contributed by atoms with Crippen molar-refractivity contribution in [1.82, 2.24) is 0 Å². The highest BCUT2D eigenvalue weighted by Gasteiger charge is 2.52. The molecule has 0 unspecified atom stereocenters. The van der Waals surface area contributed by atoms with Gasteiger partial charge in [0, 0.05) is 0 Å². The van der Waals surface area contributed by atoms with Gasteiger partial charge < -0.3 is 0 Å². The first kappa shape index (κ1) is 34.3. The molecule has 0 saturated carbocycles. The van der Waals surface area contributed by atoms with Crippen LogP contribution in [0.15, 0.2) is 54.6 Å². The lowest BCUT2D eigenvalue weighted by Crippen LogP contribution is -2.37. The zero-order chi connectivity index (χ0) is 33.1. The summed E-state index contributed by atoms with van der Waals surface area (Å²) in [4.78, 5) is 0. The van der Waals surface area contributed by atoms with E-state index >= 15 is 0 Å². The summed E-state index contributed by atoms with van der Waals surface area (Å²) in [6, 6.07) is -0.534. The van der Waals surface area contributed by atoms with Crippen molar-refractivity contribution >= 4 is 23.8 Å². The lowest BCUT2D eigenvalue weighted by atomic mass is 10.1. The van der Waals surface area contributed by atoms with Crippen molar-refractivity contribution in [1.29, 1.82) is 0 Å². The third-order valence-electron chi connectivity index (χ3n) is 5.62. The lowest BCUT2D eigenvalue weighted by molar-refractivity contribution is -0.161. The summed E-state index contributed by atoms with van der Waals surface area (Å²) in [6.07, 6.45) is -36.7. The number of hydrogen-bond acceptors (Lipinski definition) is 0. The van der Waals surface area contributed by atoms with Crippen LogP contribution in [0.1, 0.15) is 33.4 Å². The summed E-state index contributed by atoms with van der Waals surface area (Å²) < 4.78 is 250. The fourth-order valence-corrected chi connectivity index (χ4v) is 7.07. The van der Waals surface area contributed by atoms with Crippen molar-refractivity contribution in [2.45, 2.75) is 37.1 Å². The molecule has 0 bridgehead atoms. The molecule has 19 heteroatoms. The van der Waals surface area contributed by atoms with Gasteiger partial charge in [0.2, 0.25) is 0 Å². The van der Waals surface area contributed by atoms with Crippen LogP contribution in [0.3, 0.4) is 0 Å². The highest BCUT2D eigenvalue weighted by Crippen LogP contribution is 2.51. The van der Waals surface area contributed by atoms with Crippen LogP contribution in [0.25, 0.3) is 0 Å². The maximum Gasteiger partial charge on any atom is 0.417 e. The molecule has 0 nitrogen and oxygen atoms in total. The summed E-state index contributed by atoms with van der Waals surface area (Å²) in [5.41, 5.74) is -16.7. The minimum absolute atomic E-state index is 0.0371. The van der Waals surface area contributed by atoms with E-state index in [1.54, 1.807) is 0 Å². The third-order valence-corrected chi connectivity index (χ3v) is 8.18. The zero-order valence-electron chi connectivity index (χ0n) is 19.9. The Labute approximate surface area is 228 Å². The molecule has 3 rings (SSSR count). The van der Waals surface area contributed by atoms with Crippen LogP contribution >= 0.6 is 7.92 Å². The molecule has 0 aromatic heterocycles. The van der Waals surface area contributed by atoms with Crippen molar-refractivity contribution in [3.63, 3.8) is 0 Å². The highest BCUT2D eigenvalue weighted by atomic mass is 31.1. The summed E-state index contributed by atoms with van der Waals surface area (Å²) in [5.74, 6) is 0. The van der Waals surface area contributed by atoms with Crippen LogP contribution in [0.4, 0.5) is 79.0 Å². The van der Waals surface area contributed by atoms with E-state index in [2.05, 4.69) is 0 Å². The van der Waals surface area contributed by atoms with Crippen molar-refractivity contribution in [3.8, 4) is 0 Å². The Bertz CT molecular complexity index is 1300. The van der Waals surface area contributed by atoms with E-state index in [1.165, 1.54) is 0 Å².